The number of nitrogens with zero attached hydrogens (tertiary/aromatic N) is 1. The van der Waals surface area contributed by atoms with Crippen LogP contribution >= 0.6 is 0 Å². The molecule has 0 fully saturated rings. The molecule has 1 amide bonds. The number of carbonyl (C=O) groups is 1. The van der Waals surface area contributed by atoms with E-state index in [-0.39, 0.29) is 0 Å². The first-order chi connectivity index (χ1) is 11.3. The minimum atomic E-state index is -0.448. The van der Waals surface area contributed by atoms with Gasteiger partial charge in [0.15, 0.2) is 0 Å². The fraction of sp³-hybridized carbons (Fsp3) is 0.316. The lowest BCUT2D eigenvalue weighted by Crippen LogP contribution is -2.31. The molecule has 0 N–H and O–H groups in total. The van der Waals surface area contributed by atoms with Gasteiger partial charge in [-0.15, -0.1) is 0 Å². The minimum Gasteiger partial charge on any atom is -0.448 e. The van der Waals surface area contributed by atoms with E-state index in [0.717, 1.165) is 18.4 Å². The second kappa shape index (κ2) is 9.64. The lowest BCUT2D eigenvalue weighted by atomic mass is 10.1. The number of benzene rings is 2. The Labute approximate surface area is 137 Å². The fourth-order valence-corrected chi connectivity index (χ4v) is 2.20. The van der Waals surface area contributed by atoms with Gasteiger partial charge in [-0.3, -0.25) is 4.84 Å². The second-order valence-electron chi connectivity index (χ2n) is 5.14. The third kappa shape index (κ3) is 6.12. The summed E-state index contributed by atoms with van der Waals surface area (Å²) in [4.78, 5) is 17.6. The Balaban J connectivity index is 1.83. The van der Waals surface area contributed by atoms with Crippen molar-refractivity contribution in [1.29, 1.82) is 0 Å². The molecular weight excluding hydrogens is 290 g/mol. The van der Waals surface area contributed by atoms with E-state index in [4.69, 9.17) is 9.57 Å². The van der Waals surface area contributed by atoms with Gasteiger partial charge in [-0.1, -0.05) is 60.7 Å². The minimum absolute atomic E-state index is 0.331. The molecule has 0 aromatic heterocycles. The van der Waals surface area contributed by atoms with E-state index >= 15 is 0 Å². The molecule has 0 saturated heterocycles. The molecule has 2 aromatic rings. The largest absolute Gasteiger partial charge is 0.448 e. The predicted molar refractivity (Wildman–Crippen MR) is 89.7 cm³/mol. The molecule has 23 heavy (non-hydrogen) atoms. The highest BCUT2D eigenvalue weighted by atomic mass is 16.7. The molecule has 0 aliphatic rings. The van der Waals surface area contributed by atoms with Gasteiger partial charge in [-0.05, 0) is 30.9 Å². The summed E-state index contributed by atoms with van der Waals surface area (Å²) in [5.74, 6) is 0. The number of hydrogen-bond acceptors (Lipinski definition) is 3. The van der Waals surface area contributed by atoms with Crippen LogP contribution < -0.4 is 0 Å². The van der Waals surface area contributed by atoms with Crippen LogP contribution in [0.5, 0.6) is 0 Å². The summed E-state index contributed by atoms with van der Waals surface area (Å²) in [6, 6.07) is 20.0. The van der Waals surface area contributed by atoms with Crippen molar-refractivity contribution in [3.05, 3.63) is 71.8 Å². The van der Waals surface area contributed by atoms with Crippen LogP contribution in [0.25, 0.3) is 0 Å². The molecule has 0 spiro atoms. The monoisotopic (exact) mass is 313 g/mol. The number of hydrogen-bond donors (Lipinski definition) is 0. The average molecular weight is 313 g/mol. The number of aryl methyl sites for hydroxylation is 1. The van der Waals surface area contributed by atoms with Gasteiger partial charge in [0.25, 0.3) is 0 Å². The van der Waals surface area contributed by atoms with Crippen molar-refractivity contribution in [3.8, 4) is 0 Å². The van der Waals surface area contributed by atoms with Gasteiger partial charge in [-0.2, -0.15) is 5.06 Å². The number of ether oxygens (including phenoxy) is 1. The Morgan fingerprint density at radius 1 is 0.957 bits per heavy atom. The van der Waals surface area contributed by atoms with E-state index < -0.39 is 6.09 Å². The smallest absolute Gasteiger partial charge is 0.434 e. The third-order valence-electron chi connectivity index (χ3n) is 3.34. The quantitative estimate of drug-likeness (QED) is 0.541. The van der Waals surface area contributed by atoms with Gasteiger partial charge in [0.05, 0.1) is 19.8 Å². The van der Waals surface area contributed by atoms with Crippen molar-refractivity contribution < 1.29 is 14.4 Å². The molecule has 122 valence electrons. The van der Waals surface area contributed by atoms with Crippen molar-refractivity contribution in [3.63, 3.8) is 0 Å². The number of carbonyl (C=O) groups excluding carboxylic acids is 1. The van der Waals surface area contributed by atoms with Crippen molar-refractivity contribution in [2.75, 3.05) is 13.2 Å². The Kier molecular flexibility index (Phi) is 7.14. The van der Waals surface area contributed by atoms with Gasteiger partial charge in [0.1, 0.15) is 0 Å². The molecule has 0 saturated carbocycles. The van der Waals surface area contributed by atoms with Crippen LogP contribution in [0.15, 0.2) is 60.7 Å². The normalized spacial score (nSPS) is 10.3. The zero-order chi connectivity index (χ0) is 16.3. The molecule has 0 radical (unpaired) electrons. The first kappa shape index (κ1) is 17.0. The SMILES string of the molecule is CCOC(=O)N(Cc1ccccc1)OCCCc1ccccc1. The zero-order valence-electron chi connectivity index (χ0n) is 13.5. The van der Waals surface area contributed by atoms with Crippen LogP contribution in [0.4, 0.5) is 4.79 Å². The molecule has 0 aliphatic heterocycles. The molecule has 0 bridgehead atoms. The highest BCUT2D eigenvalue weighted by Gasteiger charge is 2.16. The van der Waals surface area contributed by atoms with Crippen LogP contribution in [-0.4, -0.2) is 24.4 Å². The number of rotatable bonds is 8. The Morgan fingerprint density at radius 3 is 2.17 bits per heavy atom. The van der Waals surface area contributed by atoms with Crippen LogP contribution in [0.3, 0.4) is 0 Å². The van der Waals surface area contributed by atoms with Crippen LogP contribution in [0.2, 0.25) is 0 Å². The van der Waals surface area contributed by atoms with E-state index in [0.29, 0.717) is 19.8 Å². The van der Waals surface area contributed by atoms with Gasteiger partial charge < -0.3 is 4.74 Å². The standard InChI is InChI=1S/C19H23NO3/c1-2-22-19(21)20(16-18-12-7-4-8-13-18)23-15-9-14-17-10-5-3-6-11-17/h3-8,10-13H,2,9,14-16H2,1H3. The summed E-state index contributed by atoms with van der Waals surface area (Å²) in [7, 11) is 0. The maximum atomic E-state index is 12.0. The van der Waals surface area contributed by atoms with E-state index in [1.54, 1.807) is 6.92 Å². The van der Waals surface area contributed by atoms with Crippen molar-refractivity contribution >= 4 is 6.09 Å². The second-order valence-corrected chi connectivity index (χ2v) is 5.14. The van der Waals surface area contributed by atoms with Gasteiger partial charge in [0.2, 0.25) is 0 Å². The van der Waals surface area contributed by atoms with Crippen LogP contribution in [0, 0.1) is 0 Å². The lowest BCUT2D eigenvalue weighted by molar-refractivity contribution is -0.143. The van der Waals surface area contributed by atoms with E-state index in [1.807, 2.05) is 48.5 Å². The first-order valence-electron chi connectivity index (χ1n) is 7.94. The Hall–Kier alpha value is -2.33. The molecule has 4 heteroatoms. The number of amides is 1. The summed E-state index contributed by atoms with van der Waals surface area (Å²) in [5, 5.41) is 1.30. The molecule has 2 aromatic carbocycles. The Bertz CT molecular complexity index is 572. The first-order valence-corrected chi connectivity index (χ1v) is 7.94. The predicted octanol–water partition coefficient (Wildman–Crippen LogP) is 4.21. The zero-order valence-corrected chi connectivity index (χ0v) is 13.5. The summed E-state index contributed by atoms with van der Waals surface area (Å²) in [5.41, 5.74) is 2.27. The summed E-state index contributed by atoms with van der Waals surface area (Å²) < 4.78 is 5.05. The van der Waals surface area contributed by atoms with Crippen molar-refractivity contribution in [2.45, 2.75) is 26.3 Å². The van der Waals surface area contributed by atoms with Crippen molar-refractivity contribution in [1.82, 2.24) is 5.06 Å². The fourth-order valence-electron chi connectivity index (χ4n) is 2.20. The highest BCUT2D eigenvalue weighted by Crippen LogP contribution is 2.09. The molecule has 0 heterocycles. The van der Waals surface area contributed by atoms with Crippen LogP contribution in [0.1, 0.15) is 24.5 Å². The number of hydroxylamine groups is 2. The Morgan fingerprint density at radius 2 is 1.57 bits per heavy atom. The highest BCUT2D eigenvalue weighted by molar-refractivity contribution is 5.66. The van der Waals surface area contributed by atoms with E-state index in [1.165, 1.54) is 10.6 Å². The molecule has 0 atom stereocenters. The molecule has 4 nitrogen and oxygen atoms in total. The molecule has 0 unspecified atom stereocenters. The van der Waals surface area contributed by atoms with Gasteiger partial charge in [-0.25, -0.2) is 4.79 Å². The van der Waals surface area contributed by atoms with Crippen molar-refractivity contribution in [2.24, 2.45) is 0 Å². The average Bonchev–Trinajstić information content (AvgIpc) is 2.59. The molecule has 0 aliphatic carbocycles. The maximum absolute atomic E-state index is 12.0. The van der Waals surface area contributed by atoms with Gasteiger partial charge >= 0.3 is 6.09 Å². The summed E-state index contributed by atoms with van der Waals surface area (Å²) >= 11 is 0. The molecule has 2 rings (SSSR count). The van der Waals surface area contributed by atoms with Crippen LogP contribution in [-0.2, 0) is 22.5 Å². The maximum Gasteiger partial charge on any atom is 0.434 e. The van der Waals surface area contributed by atoms with Gasteiger partial charge in [0, 0.05) is 0 Å². The summed E-state index contributed by atoms with van der Waals surface area (Å²) in [6.07, 6.45) is 1.31. The summed E-state index contributed by atoms with van der Waals surface area (Å²) in [6.45, 7) is 2.97. The lowest BCUT2D eigenvalue weighted by Gasteiger charge is -2.21. The topological polar surface area (TPSA) is 38.8 Å². The third-order valence-corrected chi connectivity index (χ3v) is 3.34. The van der Waals surface area contributed by atoms with E-state index in [9.17, 15) is 4.79 Å². The van der Waals surface area contributed by atoms with E-state index in [2.05, 4.69) is 12.1 Å². The molecular formula is C19H23NO3.